The molecule has 1 aromatic rings. The number of methoxy groups -OCH3 is 2. The summed E-state index contributed by atoms with van der Waals surface area (Å²) >= 11 is 0. The van der Waals surface area contributed by atoms with Gasteiger partial charge in [-0.25, -0.2) is 0 Å². The summed E-state index contributed by atoms with van der Waals surface area (Å²) in [4.78, 5) is 11.9. The summed E-state index contributed by atoms with van der Waals surface area (Å²) < 4.78 is 9.86. The van der Waals surface area contributed by atoms with E-state index in [1.165, 1.54) is 14.2 Å². The van der Waals surface area contributed by atoms with E-state index in [0.29, 0.717) is 18.9 Å². The lowest BCUT2D eigenvalue weighted by Crippen LogP contribution is -2.33. The van der Waals surface area contributed by atoms with Crippen molar-refractivity contribution in [2.24, 2.45) is 0 Å². The Morgan fingerprint density at radius 2 is 1.72 bits per heavy atom. The maximum absolute atomic E-state index is 10.0. The standard InChI is InChI=1S/C11H20N4O3/c1-5-6-11(2,16)7-12-8-13-9(17-3)15-10(14-8)18-4/h16H,5-7H2,1-4H3,(H,12,13,14,15). The minimum absolute atomic E-state index is 0.166. The zero-order valence-electron chi connectivity index (χ0n) is 11.2. The fourth-order valence-corrected chi connectivity index (χ4v) is 1.50. The monoisotopic (exact) mass is 256 g/mol. The number of nitrogens with one attached hydrogen (secondary N) is 1. The highest BCUT2D eigenvalue weighted by Crippen LogP contribution is 2.15. The third kappa shape index (κ3) is 4.33. The molecule has 1 atom stereocenters. The molecule has 102 valence electrons. The summed E-state index contributed by atoms with van der Waals surface area (Å²) in [6.07, 6.45) is 1.60. The molecule has 0 spiro atoms. The molecule has 1 aromatic heterocycles. The predicted molar refractivity (Wildman–Crippen MR) is 67.0 cm³/mol. The van der Waals surface area contributed by atoms with E-state index < -0.39 is 5.60 Å². The summed E-state index contributed by atoms with van der Waals surface area (Å²) in [6, 6.07) is 0.332. The first kappa shape index (κ1) is 14.4. The lowest BCUT2D eigenvalue weighted by atomic mass is 10.0. The van der Waals surface area contributed by atoms with Crippen LogP contribution in [0.15, 0.2) is 0 Å². The van der Waals surface area contributed by atoms with Crippen molar-refractivity contribution in [3.05, 3.63) is 0 Å². The van der Waals surface area contributed by atoms with E-state index in [2.05, 4.69) is 20.3 Å². The average molecular weight is 256 g/mol. The van der Waals surface area contributed by atoms with E-state index in [4.69, 9.17) is 9.47 Å². The number of ether oxygens (including phenoxy) is 2. The second kappa shape index (κ2) is 6.34. The Morgan fingerprint density at radius 1 is 1.17 bits per heavy atom. The Hall–Kier alpha value is -1.63. The van der Waals surface area contributed by atoms with Crippen LogP contribution in [0.2, 0.25) is 0 Å². The fraction of sp³-hybridized carbons (Fsp3) is 0.727. The first-order chi connectivity index (χ1) is 8.50. The molecule has 0 aliphatic heterocycles. The van der Waals surface area contributed by atoms with Gasteiger partial charge in [-0.15, -0.1) is 4.98 Å². The van der Waals surface area contributed by atoms with E-state index in [1.807, 2.05) is 6.92 Å². The zero-order valence-corrected chi connectivity index (χ0v) is 11.2. The number of rotatable bonds is 7. The van der Waals surface area contributed by atoms with Crippen LogP contribution in [0.1, 0.15) is 26.7 Å². The maximum atomic E-state index is 10.0. The average Bonchev–Trinajstić information content (AvgIpc) is 2.36. The van der Waals surface area contributed by atoms with Gasteiger partial charge < -0.3 is 19.9 Å². The number of nitrogens with zero attached hydrogens (tertiary/aromatic N) is 3. The predicted octanol–water partition coefficient (Wildman–Crippen LogP) is 0.852. The topological polar surface area (TPSA) is 89.4 Å². The highest BCUT2D eigenvalue weighted by atomic mass is 16.5. The number of hydrogen-bond acceptors (Lipinski definition) is 7. The Kier molecular flexibility index (Phi) is 5.08. The van der Waals surface area contributed by atoms with E-state index in [0.717, 1.165) is 6.42 Å². The molecule has 1 heterocycles. The Labute approximate surface area is 107 Å². The molecule has 1 unspecified atom stereocenters. The normalized spacial score (nSPS) is 13.8. The van der Waals surface area contributed by atoms with Crippen LogP contribution in [0.3, 0.4) is 0 Å². The van der Waals surface area contributed by atoms with E-state index in [-0.39, 0.29) is 12.0 Å². The molecule has 1 rings (SSSR count). The van der Waals surface area contributed by atoms with Crippen LogP contribution in [0.4, 0.5) is 5.95 Å². The SMILES string of the molecule is CCCC(C)(O)CNc1nc(OC)nc(OC)n1. The van der Waals surface area contributed by atoms with Gasteiger partial charge in [0.25, 0.3) is 0 Å². The van der Waals surface area contributed by atoms with Crippen LogP contribution in [-0.2, 0) is 0 Å². The second-order valence-electron chi connectivity index (χ2n) is 4.23. The molecule has 0 saturated heterocycles. The minimum atomic E-state index is -0.804. The third-order valence-electron chi connectivity index (χ3n) is 2.38. The smallest absolute Gasteiger partial charge is 0.324 e. The highest BCUT2D eigenvalue weighted by Gasteiger charge is 2.19. The summed E-state index contributed by atoms with van der Waals surface area (Å²) in [5, 5.41) is 13.0. The number of aliphatic hydroxyl groups is 1. The Bertz CT molecular complexity index is 362. The van der Waals surface area contributed by atoms with Gasteiger partial charge in [-0.05, 0) is 13.3 Å². The van der Waals surface area contributed by atoms with Crippen molar-refractivity contribution in [2.45, 2.75) is 32.3 Å². The van der Waals surface area contributed by atoms with E-state index in [9.17, 15) is 5.11 Å². The van der Waals surface area contributed by atoms with E-state index in [1.54, 1.807) is 6.92 Å². The van der Waals surface area contributed by atoms with Gasteiger partial charge in [0.1, 0.15) is 0 Å². The molecule has 0 bridgehead atoms. The van der Waals surface area contributed by atoms with Crippen molar-refractivity contribution in [1.82, 2.24) is 15.0 Å². The molecule has 7 nitrogen and oxygen atoms in total. The third-order valence-corrected chi connectivity index (χ3v) is 2.38. The fourth-order valence-electron chi connectivity index (χ4n) is 1.50. The summed E-state index contributed by atoms with van der Waals surface area (Å²) in [6.45, 7) is 4.12. The van der Waals surface area contributed by atoms with Crippen molar-refractivity contribution in [1.29, 1.82) is 0 Å². The molecule has 0 radical (unpaired) electrons. The van der Waals surface area contributed by atoms with Gasteiger partial charge in [0.05, 0.1) is 19.8 Å². The summed E-state index contributed by atoms with van der Waals surface area (Å²) in [5.41, 5.74) is -0.804. The second-order valence-corrected chi connectivity index (χ2v) is 4.23. The molecule has 7 heteroatoms. The zero-order chi connectivity index (χ0) is 13.6. The Balaban J connectivity index is 2.72. The molecule has 18 heavy (non-hydrogen) atoms. The first-order valence-electron chi connectivity index (χ1n) is 5.81. The lowest BCUT2D eigenvalue weighted by Gasteiger charge is -2.22. The quantitative estimate of drug-likeness (QED) is 0.747. The van der Waals surface area contributed by atoms with Gasteiger partial charge in [-0.2, -0.15) is 9.97 Å². The highest BCUT2D eigenvalue weighted by molar-refractivity contribution is 5.28. The lowest BCUT2D eigenvalue weighted by molar-refractivity contribution is 0.0634. The van der Waals surface area contributed by atoms with E-state index >= 15 is 0 Å². The molecule has 0 fully saturated rings. The molecule has 2 N–H and O–H groups in total. The summed E-state index contributed by atoms with van der Waals surface area (Å²) in [5.74, 6) is 0.315. The largest absolute Gasteiger partial charge is 0.467 e. The van der Waals surface area contributed by atoms with Crippen molar-refractivity contribution >= 4 is 5.95 Å². The van der Waals surface area contributed by atoms with Crippen LogP contribution in [0.5, 0.6) is 12.0 Å². The van der Waals surface area contributed by atoms with Gasteiger partial charge in [0, 0.05) is 6.54 Å². The molecule has 0 aliphatic rings. The van der Waals surface area contributed by atoms with Gasteiger partial charge >= 0.3 is 12.0 Å². The number of aromatic nitrogens is 3. The van der Waals surface area contributed by atoms with Gasteiger partial charge in [-0.3, -0.25) is 0 Å². The van der Waals surface area contributed by atoms with Gasteiger partial charge in [-0.1, -0.05) is 13.3 Å². The molecular weight excluding hydrogens is 236 g/mol. The van der Waals surface area contributed by atoms with Crippen molar-refractivity contribution in [3.63, 3.8) is 0 Å². The molecule has 0 aliphatic carbocycles. The first-order valence-corrected chi connectivity index (χ1v) is 5.81. The van der Waals surface area contributed by atoms with Crippen molar-refractivity contribution < 1.29 is 14.6 Å². The van der Waals surface area contributed by atoms with Crippen LogP contribution in [-0.4, -0.2) is 46.4 Å². The molecule has 0 amide bonds. The molecule has 0 aromatic carbocycles. The van der Waals surface area contributed by atoms with Crippen LogP contribution in [0, 0.1) is 0 Å². The Morgan fingerprint density at radius 3 is 2.17 bits per heavy atom. The van der Waals surface area contributed by atoms with Gasteiger partial charge in [0.15, 0.2) is 0 Å². The maximum Gasteiger partial charge on any atom is 0.324 e. The number of hydrogen-bond donors (Lipinski definition) is 2. The van der Waals surface area contributed by atoms with Crippen molar-refractivity contribution in [3.8, 4) is 12.0 Å². The molecule has 0 saturated carbocycles. The van der Waals surface area contributed by atoms with Crippen LogP contribution < -0.4 is 14.8 Å². The van der Waals surface area contributed by atoms with Gasteiger partial charge in [0.2, 0.25) is 5.95 Å². The minimum Gasteiger partial charge on any atom is -0.467 e. The van der Waals surface area contributed by atoms with Crippen LogP contribution >= 0.6 is 0 Å². The van der Waals surface area contributed by atoms with Crippen molar-refractivity contribution in [2.75, 3.05) is 26.1 Å². The number of anilines is 1. The van der Waals surface area contributed by atoms with Crippen LogP contribution in [0.25, 0.3) is 0 Å². The molecular formula is C11H20N4O3. The summed E-state index contributed by atoms with van der Waals surface area (Å²) in [7, 11) is 2.93.